The van der Waals surface area contributed by atoms with Crippen LogP contribution in [0, 0.1) is 0 Å². The molecule has 1 aliphatic rings. The van der Waals surface area contributed by atoms with Crippen molar-refractivity contribution in [1.29, 1.82) is 0 Å². The van der Waals surface area contributed by atoms with Gasteiger partial charge in [-0.15, -0.1) is 0 Å². The molecule has 1 unspecified atom stereocenters. The van der Waals surface area contributed by atoms with Crippen LogP contribution in [0.4, 0.5) is 0 Å². The second kappa shape index (κ2) is 2.47. The Hall–Kier alpha value is -1.39. The van der Waals surface area contributed by atoms with E-state index in [4.69, 9.17) is 5.11 Å². The Bertz CT molecular complexity index is 199. The number of carboxylic acids is 1. The minimum Gasteiger partial charge on any atom is -0.481 e. The van der Waals surface area contributed by atoms with E-state index in [2.05, 4.69) is 10.3 Å². The fraction of sp³-hybridized carbons (Fsp3) is 0.400. The van der Waals surface area contributed by atoms with Crippen LogP contribution < -0.4 is 5.32 Å². The van der Waals surface area contributed by atoms with Gasteiger partial charge in [0.05, 0.1) is 12.8 Å². The number of amides is 1. The molecular weight excluding hydrogens is 136 g/mol. The molecule has 0 aromatic heterocycles. The van der Waals surface area contributed by atoms with Crippen LogP contribution in [0.1, 0.15) is 6.42 Å². The first-order chi connectivity index (χ1) is 4.70. The van der Waals surface area contributed by atoms with E-state index in [-0.39, 0.29) is 12.3 Å². The molecule has 0 bridgehead atoms. The van der Waals surface area contributed by atoms with E-state index in [9.17, 15) is 9.59 Å². The summed E-state index contributed by atoms with van der Waals surface area (Å²) in [5, 5.41) is 10.5. The molecule has 5 nitrogen and oxygen atoms in total. The van der Waals surface area contributed by atoms with Gasteiger partial charge < -0.3 is 10.4 Å². The average molecular weight is 142 g/mol. The van der Waals surface area contributed by atoms with E-state index in [0.29, 0.717) is 0 Å². The Balaban J connectivity index is 2.48. The highest BCUT2D eigenvalue weighted by molar-refractivity contribution is 5.98. The van der Waals surface area contributed by atoms with Crippen molar-refractivity contribution in [2.45, 2.75) is 12.5 Å². The maximum atomic E-state index is 10.6. The molecule has 1 heterocycles. The third-order valence-electron chi connectivity index (χ3n) is 1.13. The summed E-state index contributed by atoms with van der Waals surface area (Å²) in [4.78, 5) is 24.2. The smallest absolute Gasteiger partial charge is 0.306 e. The van der Waals surface area contributed by atoms with Gasteiger partial charge in [-0.3, -0.25) is 14.6 Å². The standard InChI is InChI=1S/C5H6N2O3/c8-4(9)1-3-5(10)7-2-6-3/h2-3H,1H2,(H,8,9)(H,6,7,10). The number of nitrogens with one attached hydrogen (secondary N) is 1. The summed E-state index contributed by atoms with van der Waals surface area (Å²) >= 11 is 0. The van der Waals surface area contributed by atoms with Crippen LogP contribution in [0.15, 0.2) is 4.99 Å². The summed E-state index contributed by atoms with van der Waals surface area (Å²) in [6.45, 7) is 0. The molecule has 0 aromatic carbocycles. The fourth-order valence-electron chi connectivity index (χ4n) is 0.666. The summed E-state index contributed by atoms with van der Waals surface area (Å²) < 4.78 is 0. The Morgan fingerprint density at radius 1 is 1.90 bits per heavy atom. The quantitative estimate of drug-likeness (QED) is 0.518. The third kappa shape index (κ3) is 1.31. The fourth-order valence-corrected chi connectivity index (χ4v) is 0.666. The molecular formula is C5H6N2O3. The Morgan fingerprint density at radius 2 is 2.60 bits per heavy atom. The second-order valence-corrected chi connectivity index (χ2v) is 1.90. The van der Waals surface area contributed by atoms with Crippen molar-refractivity contribution in [1.82, 2.24) is 5.32 Å². The zero-order valence-electron chi connectivity index (χ0n) is 5.07. The van der Waals surface area contributed by atoms with Crippen molar-refractivity contribution in [2.75, 3.05) is 0 Å². The van der Waals surface area contributed by atoms with E-state index in [1.165, 1.54) is 6.34 Å². The molecule has 1 amide bonds. The molecule has 10 heavy (non-hydrogen) atoms. The number of carbonyl (C=O) groups is 2. The lowest BCUT2D eigenvalue weighted by Crippen LogP contribution is -2.26. The first-order valence-corrected chi connectivity index (χ1v) is 2.74. The molecule has 0 radical (unpaired) electrons. The van der Waals surface area contributed by atoms with E-state index in [0.717, 1.165) is 0 Å². The zero-order chi connectivity index (χ0) is 7.56. The molecule has 0 fully saturated rings. The maximum absolute atomic E-state index is 10.6. The number of carboxylic acid groups (broad SMARTS) is 1. The largest absolute Gasteiger partial charge is 0.481 e. The van der Waals surface area contributed by atoms with Gasteiger partial charge in [0.15, 0.2) is 0 Å². The Kier molecular flexibility index (Phi) is 1.66. The van der Waals surface area contributed by atoms with E-state index in [1.54, 1.807) is 0 Å². The van der Waals surface area contributed by atoms with Gasteiger partial charge in [0.2, 0.25) is 0 Å². The monoisotopic (exact) mass is 142 g/mol. The predicted molar refractivity (Wildman–Crippen MR) is 32.7 cm³/mol. The minimum absolute atomic E-state index is 0.234. The molecule has 1 aliphatic heterocycles. The first kappa shape index (κ1) is 6.73. The highest BCUT2D eigenvalue weighted by Gasteiger charge is 2.22. The van der Waals surface area contributed by atoms with Crippen molar-refractivity contribution >= 4 is 18.2 Å². The van der Waals surface area contributed by atoms with Crippen LogP contribution in [0.3, 0.4) is 0 Å². The molecule has 0 spiro atoms. The van der Waals surface area contributed by atoms with E-state index < -0.39 is 12.0 Å². The van der Waals surface area contributed by atoms with Gasteiger partial charge in [0.25, 0.3) is 5.91 Å². The van der Waals surface area contributed by atoms with Crippen LogP contribution in [0.25, 0.3) is 0 Å². The molecule has 54 valence electrons. The number of aliphatic imine (C=N–C) groups is 1. The lowest BCUT2D eigenvalue weighted by Gasteiger charge is -1.97. The van der Waals surface area contributed by atoms with Crippen LogP contribution >= 0.6 is 0 Å². The molecule has 1 rings (SSSR count). The van der Waals surface area contributed by atoms with Crippen LogP contribution in [0.2, 0.25) is 0 Å². The van der Waals surface area contributed by atoms with E-state index in [1.807, 2.05) is 0 Å². The van der Waals surface area contributed by atoms with Crippen molar-refractivity contribution in [3.63, 3.8) is 0 Å². The number of aliphatic carboxylic acids is 1. The molecule has 0 aliphatic carbocycles. The maximum Gasteiger partial charge on any atom is 0.306 e. The highest BCUT2D eigenvalue weighted by atomic mass is 16.4. The minimum atomic E-state index is -1.01. The molecule has 0 aromatic rings. The van der Waals surface area contributed by atoms with Gasteiger partial charge in [-0.25, -0.2) is 0 Å². The predicted octanol–water partition coefficient (Wildman–Crippen LogP) is -1.01. The molecule has 5 heteroatoms. The van der Waals surface area contributed by atoms with Crippen LogP contribution in [-0.2, 0) is 9.59 Å². The second-order valence-electron chi connectivity index (χ2n) is 1.90. The highest BCUT2D eigenvalue weighted by Crippen LogP contribution is 2.00. The number of hydrogen-bond acceptors (Lipinski definition) is 3. The van der Waals surface area contributed by atoms with Gasteiger partial charge in [0.1, 0.15) is 6.04 Å². The Labute approximate surface area is 56.8 Å². The number of nitrogens with zero attached hydrogens (tertiary/aromatic N) is 1. The number of carbonyl (C=O) groups excluding carboxylic acids is 1. The van der Waals surface area contributed by atoms with Gasteiger partial charge >= 0.3 is 5.97 Å². The average Bonchev–Trinajstić information content (AvgIpc) is 2.15. The summed E-state index contributed by atoms with van der Waals surface area (Å²) in [5.41, 5.74) is 0. The molecule has 1 atom stereocenters. The van der Waals surface area contributed by atoms with Crippen molar-refractivity contribution in [3.05, 3.63) is 0 Å². The summed E-state index contributed by atoms with van der Waals surface area (Å²) in [6, 6.07) is -0.725. The zero-order valence-corrected chi connectivity index (χ0v) is 5.07. The molecule has 0 saturated carbocycles. The van der Waals surface area contributed by atoms with Crippen molar-refractivity contribution in [3.8, 4) is 0 Å². The summed E-state index contributed by atoms with van der Waals surface area (Å²) in [6.07, 6.45) is 0.984. The van der Waals surface area contributed by atoms with Gasteiger partial charge in [-0.05, 0) is 0 Å². The first-order valence-electron chi connectivity index (χ1n) is 2.74. The SMILES string of the molecule is O=C(O)CC1N=CNC1=O. The van der Waals surface area contributed by atoms with Crippen molar-refractivity contribution in [2.24, 2.45) is 4.99 Å². The lowest BCUT2D eigenvalue weighted by atomic mass is 10.2. The van der Waals surface area contributed by atoms with Gasteiger partial charge in [0, 0.05) is 0 Å². The summed E-state index contributed by atoms with van der Waals surface area (Å²) in [7, 11) is 0. The molecule has 0 saturated heterocycles. The summed E-state index contributed by atoms with van der Waals surface area (Å²) in [5.74, 6) is -1.36. The normalized spacial score (nSPS) is 22.8. The van der Waals surface area contributed by atoms with Gasteiger partial charge in [-0.1, -0.05) is 0 Å². The molecule has 2 N–H and O–H groups in total. The van der Waals surface area contributed by atoms with Gasteiger partial charge in [-0.2, -0.15) is 0 Å². The lowest BCUT2D eigenvalue weighted by molar-refractivity contribution is -0.139. The topological polar surface area (TPSA) is 78.8 Å². The van der Waals surface area contributed by atoms with Crippen LogP contribution in [-0.4, -0.2) is 29.4 Å². The van der Waals surface area contributed by atoms with Crippen molar-refractivity contribution < 1.29 is 14.7 Å². The number of hydrogen-bond donors (Lipinski definition) is 2. The number of rotatable bonds is 2. The third-order valence-corrected chi connectivity index (χ3v) is 1.13. The van der Waals surface area contributed by atoms with Crippen LogP contribution in [0.5, 0.6) is 0 Å². The Morgan fingerprint density at radius 3 is 3.00 bits per heavy atom. The van der Waals surface area contributed by atoms with E-state index >= 15 is 0 Å².